The van der Waals surface area contributed by atoms with E-state index in [2.05, 4.69) is 17.2 Å². The number of halogens is 1. The summed E-state index contributed by atoms with van der Waals surface area (Å²) >= 11 is 7.31. The van der Waals surface area contributed by atoms with Gasteiger partial charge in [0.15, 0.2) is 0 Å². The summed E-state index contributed by atoms with van der Waals surface area (Å²) in [7, 11) is 0. The van der Waals surface area contributed by atoms with Gasteiger partial charge in [-0.25, -0.2) is 0 Å². The molecule has 1 N–H and O–H groups in total. The van der Waals surface area contributed by atoms with Gasteiger partial charge in [-0.1, -0.05) is 35.6 Å². The van der Waals surface area contributed by atoms with Crippen molar-refractivity contribution >= 4 is 40.2 Å². The molecule has 0 radical (unpaired) electrons. The molecule has 2 aromatic carbocycles. The number of anilines is 1. The van der Waals surface area contributed by atoms with E-state index >= 15 is 0 Å². The van der Waals surface area contributed by atoms with E-state index in [1.54, 1.807) is 29.5 Å². The highest BCUT2D eigenvalue weighted by atomic mass is 35.5. The molecule has 0 spiro atoms. The fourth-order valence-electron chi connectivity index (χ4n) is 2.20. The third-order valence-electron chi connectivity index (χ3n) is 3.37. The molecule has 0 aliphatic rings. The van der Waals surface area contributed by atoms with Crippen molar-refractivity contribution in [1.82, 2.24) is 0 Å². The quantitative estimate of drug-likeness (QED) is 0.395. The second-order valence-electron chi connectivity index (χ2n) is 5.18. The molecule has 26 heavy (non-hydrogen) atoms. The zero-order valence-corrected chi connectivity index (χ0v) is 14.8. The van der Waals surface area contributed by atoms with Crippen LogP contribution in [0.3, 0.4) is 0 Å². The minimum Gasteiger partial charge on any atom is -0.322 e. The van der Waals surface area contributed by atoms with Gasteiger partial charge in [0.2, 0.25) is 0 Å². The molecule has 0 aliphatic heterocycles. The topological polar surface area (TPSA) is 72.2 Å². The van der Waals surface area contributed by atoms with E-state index in [0.29, 0.717) is 5.69 Å². The smallest absolute Gasteiger partial charge is 0.283 e. The van der Waals surface area contributed by atoms with Crippen LogP contribution in [0.15, 0.2) is 60.0 Å². The standard InChI is InChI=1S/C19H11ClN2O3S/c20-14-7-9-17(18(12-14)22(24)25)19(23)21-15-4-1-3-13(11-15)6-8-16-5-2-10-26-16/h1-5,7,9-12H,(H,21,23). The number of hydrogen-bond donors (Lipinski definition) is 1. The maximum Gasteiger partial charge on any atom is 0.283 e. The molecule has 7 heteroatoms. The van der Waals surface area contributed by atoms with E-state index in [1.807, 2.05) is 23.6 Å². The van der Waals surface area contributed by atoms with Gasteiger partial charge in [0.1, 0.15) is 5.56 Å². The van der Waals surface area contributed by atoms with Gasteiger partial charge in [0.05, 0.1) is 9.80 Å². The third kappa shape index (κ3) is 4.28. The Hall–Kier alpha value is -3.14. The number of benzene rings is 2. The van der Waals surface area contributed by atoms with E-state index in [4.69, 9.17) is 11.6 Å². The van der Waals surface area contributed by atoms with Gasteiger partial charge in [0.25, 0.3) is 11.6 Å². The molecule has 0 bridgehead atoms. The van der Waals surface area contributed by atoms with Crippen molar-refractivity contribution in [2.24, 2.45) is 0 Å². The molecule has 0 saturated carbocycles. The maximum atomic E-state index is 12.4. The van der Waals surface area contributed by atoms with E-state index in [9.17, 15) is 14.9 Å². The number of carbonyl (C=O) groups is 1. The van der Waals surface area contributed by atoms with Crippen LogP contribution in [0.25, 0.3) is 0 Å². The van der Waals surface area contributed by atoms with Crippen molar-refractivity contribution in [3.63, 3.8) is 0 Å². The highest BCUT2D eigenvalue weighted by Gasteiger charge is 2.20. The first-order valence-corrected chi connectivity index (χ1v) is 8.69. The first kappa shape index (κ1) is 17.7. The molecular weight excluding hydrogens is 372 g/mol. The van der Waals surface area contributed by atoms with Crippen molar-refractivity contribution in [3.8, 4) is 11.8 Å². The van der Waals surface area contributed by atoms with Crippen LogP contribution in [-0.2, 0) is 0 Å². The number of nitrogens with one attached hydrogen (secondary N) is 1. The van der Waals surface area contributed by atoms with Crippen LogP contribution in [-0.4, -0.2) is 10.8 Å². The van der Waals surface area contributed by atoms with Gasteiger partial charge in [-0.05, 0) is 41.8 Å². The normalized spacial score (nSPS) is 9.88. The molecule has 5 nitrogen and oxygen atoms in total. The third-order valence-corrected chi connectivity index (χ3v) is 4.39. The molecule has 0 aliphatic carbocycles. The molecular formula is C19H11ClN2O3S. The minimum absolute atomic E-state index is 0.0607. The predicted octanol–water partition coefficient (Wildman–Crippen LogP) is 4.96. The number of amides is 1. The van der Waals surface area contributed by atoms with Crippen LogP contribution in [0.2, 0.25) is 5.02 Å². The van der Waals surface area contributed by atoms with Crippen LogP contribution in [0.1, 0.15) is 20.8 Å². The molecule has 3 rings (SSSR count). The van der Waals surface area contributed by atoms with Crippen molar-refractivity contribution in [2.45, 2.75) is 0 Å². The summed E-state index contributed by atoms with van der Waals surface area (Å²) in [4.78, 5) is 23.9. The minimum atomic E-state index is -0.635. The van der Waals surface area contributed by atoms with Gasteiger partial charge < -0.3 is 5.32 Å². The summed E-state index contributed by atoms with van der Waals surface area (Å²) in [5.41, 5.74) is 0.817. The fraction of sp³-hybridized carbons (Fsp3) is 0. The summed E-state index contributed by atoms with van der Waals surface area (Å²) in [6.45, 7) is 0. The molecule has 128 valence electrons. The molecule has 3 aromatic rings. The lowest BCUT2D eigenvalue weighted by Gasteiger charge is -2.06. The second kappa shape index (κ2) is 7.83. The number of rotatable bonds is 3. The molecule has 0 saturated heterocycles. The zero-order chi connectivity index (χ0) is 18.5. The molecule has 0 unspecified atom stereocenters. The lowest BCUT2D eigenvalue weighted by molar-refractivity contribution is -0.385. The van der Waals surface area contributed by atoms with Crippen molar-refractivity contribution < 1.29 is 9.72 Å². The fourth-order valence-corrected chi connectivity index (χ4v) is 2.94. The average Bonchev–Trinajstić information content (AvgIpc) is 3.13. The van der Waals surface area contributed by atoms with Crippen LogP contribution in [0.4, 0.5) is 11.4 Å². The summed E-state index contributed by atoms with van der Waals surface area (Å²) in [5.74, 6) is 5.47. The maximum absolute atomic E-state index is 12.4. The monoisotopic (exact) mass is 382 g/mol. The van der Waals surface area contributed by atoms with E-state index in [1.165, 1.54) is 12.1 Å². The van der Waals surface area contributed by atoms with Gasteiger partial charge in [-0.3, -0.25) is 14.9 Å². The highest BCUT2D eigenvalue weighted by Crippen LogP contribution is 2.24. The highest BCUT2D eigenvalue weighted by molar-refractivity contribution is 7.10. The SMILES string of the molecule is O=C(Nc1cccc(C#Cc2cccs2)c1)c1ccc(Cl)cc1[N+](=O)[O-]. The first-order chi connectivity index (χ1) is 12.5. The molecule has 0 atom stereocenters. The van der Waals surface area contributed by atoms with E-state index in [0.717, 1.165) is 16.5 Å². The second-order valence-corrected chi connectivity index (χ2v) is 6.56. The van der Waals surface area contributed by atoms with Gasteiger partial charge in [-0.15, -0.1) is 11.3 Å². The Morgan fingerprint density at radius 3 is 2.69 bits per heavy atom. The van der Waals surface area contributed by atoms with Crippen molar-refractivity contribution in [2.75, 3.05) is 5.32 Å². The van der Waals surface area contributed by atoms with Crippen molar-refractivity contribution in [3.05, 3.63) is 91.1 Å². The summed E-state index contributed by atoms with van der Waals surface area (Å²) in [6, 6.07) is 14.7. The van der Waals surface area contributed by atoms with Gasteiger partial charge >= 0.3 is 0 Å². The Kier molecular flexibility index (Phi) is 5.32. The van der Waals surface area contributed by atoms with Crippen LogP contribution in [0, 0.1) is 22.0 Å². The summed E-state index contributed by atoms with van der Waals surface area (Å²) in [6.07, 6.45) is 0. The van der Waals surface area contributed by atoms with Gasteiger partial charge in [-0.2, -0.15) is 0 Å². The zero-order valence-electron chi connectivity index (χ0n) is 13.2. The first-order valence-electron chi connectivity index (χ1n) is 7.44. The Balaban J connectivity index is 1.82. The van der Waals surface area contributed by atoms with Gasteiger partial charge in [0, 0.05) is 22.3 Å². The summed E-state index contributed by atoms with van der Waals surface area (Å²) in [5, 5.41) is 15.9. The lowest BCUT2D eigenvalue weighted by atomic mass is 10.1. The van der Waals surface area contributed by atoms with Crippen LogP contribution >= 0.6 is 22.9 Å². The molecule has 1 aromatic heterocycles. The molecule has 1 amide bonds. The van der Waals surface area contributed by atoms with Crippen molar-refractivity contribution in [1.29, 1.82) is 0 Å². The Morgan fingerprint density at radius 2 is 1.96 bits per heavy atom. The number of hydrogen-bond acceptors (Lipinski definition) is 4. The lowest BCUT2D eigenvalue weighted by Crippen LogP contribution is -2.14. The number of nitrogens with zero attached hydrogens (tertiary/aromatic N) is 1. The Morgan fingerprint density at radius 1 is 1.12 bits per heavy atom. The molecule has 0 fully saturated rings. The molecule has 1 heterocycles. The largest absolute Gasteiger partial charge is 0.322 e. The number of nitro groups is 1. The predicted molar refractivity (Wildman–Crippen MR) is 103 cm³/mol. The number of thiophene rings is 1. The Bertz CT molecular complexity index is 1040. The summed E-state index contributed by atoms with van der Waals surface area (Å²) < 4.78 is 0. The Labute approximate surface area is 158 Å². The average molecular weight is 383 g/mol. The van der Waals surface area contributed by atoms with Crippen LogP contribution < -0.4 is 5.32 Å². The van der Waals surface area contributed by atoms with E-state index < -0.39 is 10.8 Å². The number of carbonyl (C=O) groups excluding carboxylic acids is 1. The van der Waals surface area contributed by atoms with E-state index in [-0.39, 0.29) is 16.3 Å². The number of nitro benzene ring substituents is 1. The van der Waals surface area contributed by atoms with Crippen LogP contribution in [0.5, 0.6) is 0 Å².